The fourth-order valence-corrected chi connectivity index (χ4v) is 3.99. The van der Waals surface area contributed by atoms with E-state index in [2.05, 4.69) is 15.9 Å². The second-order valence-corrected chi connectivity index (χ2v) is 7.97. The molecule has 0 aliphatic carbocycles. The van der Waals surface area contributed by atoms with E-state index < -0.39 is 0 Å². The lowest BCUT2D eigenvalue weighted by Gasteiger charge is -2.36. The van der Waals surface area contributed by atoms with Gasteiger partial charge in [0.2, 0.25) is 0 Å². The molecule has 3 aromatic rings. The molecule has 4 rings (SSSR count). The Morgan fingerprint density at radius 1 is 1.06 bits per heavy atom. The molecule has 1 amide bonds. The van der Waals surface area contributed by atoms with Crippen LogP contribution in [-0.2, 0) is 6.54 Å². The molecule has 1 fully saturated rings. The van der Waals surface area contributed by atoms with E-state index in [9.17, 15) is 9.59 Å². The largest absolute Gasteiger partial charge is 0.369 e. The zero-order valence-electron chi connectivity index (χ0n) is 17.8. The van der Waals surface area contributed by atoms with Crippen LogP contribution < -0.4 is 10.5 Å². The highest BCUT2D eigenvalue weighted by molar-refractivity contribution is 5.94. The van der Waals surface area contributed by atoms with Crippen LogP contribution in [0.15, 0.2) is 59.5 Å². The van der Waals surface area contributed by atoms with E-state index in [4.69, 9.17) is 5.26 Å². The molecule has 7 nitrogen and oxygen atoms in total. The van der Waals surface area contributed by atoms with Crippen LogP contribution in [0.25, 0.3) is 5.52 Å². The Morgan fingerprint density at radius 2 is 1.77 bits per heavy atom. The lowest BCUT2D eigenvalue weighted by molar-refractivity contribution is 0.0825. The highest BCUT2D eigenvalue weighted by Crippen LogP contribution is 2.20. The topological polar surface area (TPSA) is 72.1 Å². The van der Waals surface area contributed by atoms with Gasteiger partial charge in [0.05, 0.1) is 17.1 Å². The number of carbonyl (C=O) groups excluding carboxylic acids is 1. The number of amides is 1. The average molecular weight is 415 g/mol. The quantitative estimate of drug-likeness (QED) is 0.653. The third-order valence-corrected chi connectivity index (χ3v) is 5.72. The predicted octanol–water partition coefficient (Wildman–Crippen LogP) is 2.20. The fourth-order valence-electron chi connectivity index (χ4n) is 3.99. The Kier molecular flexibility index (Phi) is 5.74. The average Bonchev–Trinajstić information content (AvgIpc) is 2.81. The van der Waals surface area contributed by atoms with E-state index in [1.165, 1.54) is 4.90 Å². The fraction of sp³-hybridized carbons (Fsp3) is 0.292. The Hall–Kier alpha value is -3.63. The second kappa shape index (κ2) is 8.62. The summed E-state index contributed by atoms with van der Waals surface area (Å²) in [5.41, 5.74) is 3.49. The molecular formula is C24H25N5O2. The minimum Gasteiger partial charge on any atom is -0.369 e. The van der Waals surface area contributed by atoms with Crippen molar-refractivity contribution in [2.24, 2.45) is 0 Å². The summed E-state index contributed by atoms with van der Waals surface area (Å²) in [6, 6.07) is 17.2. The molecule has 0 radical (unpaired) electrons. The number of fused-ring (bicyclic) bond motifs is 1. The molecule has 1 aliphatic rings. The van der Waals surface area contributed by atoms with Gasteiger partial charge in [0, 0.05) is 58.7 Å². The summed E-state index contributed by atoms with van der Waals surface area (Å²) >= 11 is 0. The monoisotopic (exact) mass is 415 g/mol. The first-order valence-electron chi connectivity index (χ1n) is 10.3. The van der Waals surface area contributed by atoms with Crippen LogP contribution in [0.3, 0.4) is 0 Å². The smallest absolute Gasteiger partial charge is 0.267 e. The zero-order chi connectivity index (χ0) is 22.0. The van der Waals surface area contributed by atoms with Crippen molar-refractivity contribution in [1.29, 1.82) is 5.26 Å². The van der Waals surface area contributed by atoms with Crippen molar-refractivity contribution in [3.05, 3.63) is 81.8 Å². The summed E-state index contributed by atoms with van der Waals surface area (Å²) in [6.07, 6.45) is 1.72. The van der Waals surface area contributed by atoms with Crippen LogP contribution in [0.5, 0.6) is 0 Å². The SMILES string of the molecule is CN(C)C(=O)c1cc(CN2CCN(c3ccc(C#N)cc3)CC2)c2ccccn2c1=O. The Morgan fingerprint density at radius 3 is 2.42 bits per heavy atom. The summed E-state index contributed by atoms with van der Waals surface area (Å²) in [4.78, 5) is 31.5. The van der Waals surface area contributed by atoms with E-state index >= 15 is 0 Å². The Labute approximate surface area is 181 Å². The van der Waals surface area contributed by atoms with Crippen molar-refractivity contribution in [3.63, 3.8) is 0 Å². The summed E-state index contributed by atoms with van der Waals surface area (Å²) in [6.45, 7) is 4.16. The highest BCUT2D eigenvalue weighted by Gasteiger charge is 2.21. The van der Waals surface area contributed by atoms with Gasteiger partial charge in [0.25, 0.3) is 11.5 Å². The number of hydrogen-bond donors (Lipinski definition) is 0. The van der Waals surface area contributed by atoms with Crippen molar-refractivity contribution in [2.45, 2.75) is 6.54 Å². The van der Waals surface area contributed by atoms with E-state index in [1.54, 1.807) is 36.8 Å². The number of rotatable bonds is 4. The second-order valence-electron chi connectivity index (χ2n) is 7.97. The van der Waals surface area contributed by atoms with Crippen molar-refractivity contribution in [3.8, 4) is 6.07 Å². The van der Waals surface area contributed by atoms with Crippen molar-refractivity contribution in [1.82, 2.24) is 14.2 Å². The first-order chi connectivity index (χ1) is 15.0. The summed E-state index contributed by atoms with van der Waals surface area (Å²) in [7, 11) is 3.31. The van der Waals surface area contributed by atoms with E-state index in [1.807, 2.05) is 36.4 Å². The molecule has 0 spiro atoms. The maximum absolute atomic E-state index is 12.8. The van der Waals surface area contributed by atoms with Gasteiger partial charge in [-0.15, -0.1) is 0 Å². The van der Waals surface area contributed by atoms with Crippen LogP contribution >= 0.6 is 0 Å². The molecule has 0 N–H and O–H groups in total. The molecular weight excluding hydrogens is 390 g/mol. The first-order valence-corrected chi connectivity index (χ1v) is 10.3. The molecule has 0 atom stereocenters. The van der Waals surface area contributed by atoms with Gasteiger partial charge in [-0.3, -0.25) is 18.9 Å². The highest BCUT2D eigenvalue weighted by atomic mass is 16.2. The summed E-state index contributed by atoms with van der Waals surface area (Å²) in [5.74, 6) is -0.282. The Bertz CT molecular complexity index is 1200. The number of aromatic nitrogens is 1. The van der Waals surface area contributed by atoms with Gasteiger partial charge in [0.15, 0.2) is 0 Å². The van der Waals surface area contributed by atoms with Gasteiger partial charge in [-0.1, -0.05) is 6.07 Å². The maximum Gasteiger partial charge on any atom is 0.267 e. The molecule has 1 saturated heterocycles. The van der Waals surface area contributed by atoms with Crippen LogP contribution in [0.4, 0.5) is 5.69 Å². The van der Waals surface area contributed by atoms with Crippen LogP contribution in [0, 0.1) is 11.3 Å². The van der Waals surface area contributed by atoms with Crippen molar-refractivity contribution in [2.75, 3.05) is 45.2 Å². The number of anilines is 1. The van der Waals surface area contributed by atoms with E-state index in [0.717, 1.165) is 42.9 Å². The molecule has 0 saturated carbocycles. The van der Waals surface area contributed by atoms with Crippen molar-refractivity contribution < 1.29 is 4.79 Å². The summed E-state index contributed by atoms with van der Waals surface area (Å²) < 4.78 is 1.57. The van der Waals surface area contributed by atoms with Crippen molar-refractivity contribution >= 4 is 17.1 Å². The molecule has 1 aromatic carbocycles. The Balaban J connectivity index is 1.55. The number of piperazine rings is 1. The number of pyridine rings is 2. The third-order valence-electron chi connectivity index (χ3n) is 5.72. The zero-order valence-corrected chi connectivity index (χ0v) is 17.8. The maximum atomic E-state index is 12.8. The predicted molar refractivity (Wildman–Crippen MR) is 120 cm³/mol. The normalized spacial score (nSPS) is 14.4. The standard InChI is InChI=1S/C24H25N5O2/c1-26(2)23(30)21-15-19(22-5-3-4-10-29(22)24(21)31)17-27-11-13-28(14-12-27)20-8-6-18(16-25)7-9-20/h3-10,15H,11-14,17H2,1-2H3. The third kappa shape index (κ3) is 4.16. The molecule has 0 unspecified atom stereocenters. The van der Waals surface area contributed by atoms with Crippen LogP contribution in [-0.4, -0.2) is 60.4 Å². The first kappa shape index (κ1) is 20.6. The molecule has 0 bridgehead atoms. The van der Waals surface area contributed by atoms with Gasteiger partial charge in [0.1, 0.15) is 5.56 Å². The van der Waals surface area contributed by atoms with Crippen LogP contribution in [0.2, 0.25) is 0 Å². The molecule has 3 heterocycles. The molecule has 1 aliphatic heterocycles. The number of benzene rings is 1. The minimum absolute atomic E-state index is 0.194. The lowest BCUT2D eigenvalue weighted by atomic mass is 10.1. The van der Waals surface area contributed by atoms with Gasteiger partial charge in [-0.2, -0.15) is 5.26 Å². The van der Waals surface area contributed by atoms with E-state index in [-0.39, 0.29) is 17.0 Å². The van der Waals surface area contributed by atoms with Gasteiger partial charge in [-0.05, 0) is 48.0 Å². The van der Waals surface area contributed by atoms with E-state index in [0.29, 0.717) is 12.1 Å². The van der Waals surface area contributed by atoms with Gasteiger partial charge < -0.3 is 9.80 Å². The number of nitrogens with zero attached hydrogens (tertiary/aromatic N) is 5. The van der Waals surface area contributed by atoms with Crippen LogP contribution in [0.1, 0.15) is 21.5 Å². The summed E-state index contributed by atoms with van der Waals surface area (Å²) in [5, 5.41) is 8.97. The number of hydrogen-bond acceptors (Lipinski definition) is 5. The number of carbonyl (C=O) groups is 1. The molecule has 7 heteroatoms. The van der Waals surface area contributed by atoms with Gasteiger partial charge in [-0.25, -0.2) is 0 Å². The molecule has 2 aromatic heterocycles. The molecule has 31 heavy (non-hydrogen) atoms. The lowest BCUT2D eigenvalue weighted by Crippen LogP contribution is -2.46. The van der Waals surface area contributed by atoms with Gasteiger partial charge >= 0.3 is 0 Å². The minimum atomic E-state index is -0.288. The molecule has 158 valence electrons. The number of nitriles is 1.